The Morgan fingerprint density at radius 3 is 2.81 bits per heavy atom. The summed E-state index contributed by atoms with van der Waals surface area (Å²) in [6.07, 6.45) is 8.05. The van der Waals surface area contributed by atoms with E-state index in [1.54, 1.807) is 17.1 Å². The van der Waals surface area contributed by atoms with Crippen molar-refractivity contribution in [2.75, 3.05) is 20.2 Å². The van der Waals surface area contributed by atoms with E-state index >= 15 is 0 Å². The number of esters is 1. The predicted molar refractivity (Wildman–Crippen MR) is 123 cm³/mol. The molecule has 3 aromatic rings. The monoisotopic (exact) mass is 438 g/mol. The van der Waals surface area contributed by atoms with Crippen molar-refractivity contribution in [2.24, 2.45) is 16.7 Å². The molecule has 32 heavy (non-hydrogen) atoms. The Labute approximate surface area is 189 Å². The highest BCUT2D eigenvalue weighted by molar-refractivity contribution is 5.77. The van der Waals surface area contributed by atoms with E-state index in [-0.39, 0.29) is 11.4 Å². The number of carbonyl (C=O) groups is 1. The highest BCUT2D eigenvalue weighted by Crippen LogP contribution is 2.45. The lowest BCUT2D eigenvalue weighted by molar-refractivity contribution is -0.160. The van der Waals surface area contributed by atoms with Gasteiger partial charge in [0.2, 0.25) is 5.71 Å². The normalized spacial score (nSPS) is 22.3. The van der Waals surface area contributed by atoms with E-state index in [4.69, 9.17) is 9.15 Å². The van der Waals surface area contributed by atoms with Crippen LogP contribution in [0.1, 0.15) is 52.7 Å². The maximum absolute atomic E-state index is 12.9. The van der Waals surface area contributed by atoms with Gasteiger partial charge in [0.15, 0.2) is 0 Å². The third-order valence-corrected chi connectivity index (χ3v) is 6.77. The molecule has 0 aliphatic carbocycles. The summed E-state index contributed by atoms with van der Waals surface area (Å²) in [5, 5.41) is 5.23. The van der Waals surface area contributed by atoms with Crippen molar-refractivity contribution in [1.82, 2.24) is 19.7 Å². The molecule has 3 aromatic heterocycles. The molecule has 4 rings (SSSR count). The molecular formula is C25H34N4O3. The minimum atomic E-state index is -0.475. The van der Waals surface area contributed by atoms with Gasteiger partial charge >= 0.3 is 5.97 Å². The number of hydrogen-bond acceptors (Lipinski definition) is 6. The number of methoxy groups -OCH3 is 1. The smallest absolute Gasteiger partial charge is 0.313 e. The zero-order chi connectivity index (χ0) is 22.9. The number of piperidine rings is 1. The van der Waals surface area contributed by atoms with Crippen LogP contribution in [-0.2, 0) is 16.1 Å². The molecule has 0 spiro atoms. The molecule has 0 unspecified atom stereocenters. The average Bonchev–Trinajstić information content (AvgIpc) is 3.41. The summed E-state index contributed by atoms with van der Waals surface area (Å²) < 4.78 is 13.2. The van der Waals surface area contributed by atoms with Crippen LogP contribution >= 0.6 is 0 Å². The topological polar surface area (TPSA) is 73.4 Å². The zero-order valence-electron chi connectivity index (χ0n) is 19.8. The van der Waals surface area contributed by atoms with Crippen molar-refractivity contribution < 1.29 is 13.9 Å². The van der Waals surface area contributed by atoms with Gasteiger partial charge in [0.25, 0.3) is 0 Å². The summed E-state index contributed by atoms with van der Waals surface area (Å²) in [6, 6.07) is 5.97. The number of aromatic nitrogens is 3. The van der Waals surface area contributed by atoms with Crippen LogP contribution in [0, 0.1) is 16.7 Å². The highest BCUT2D eigenvalue weighted by Gasteiger charge is 2.48. The molecule has 1 aliphatic rings. The number of fused-ring (bicyclic) bond motifs is 1. The highest BCUT2D eigenvalue weighted by atomic mass is 16.5. The summed E-state index contributed by atoms with van der Waals surface area (Å²) in [4.78, 5) is 19.8. The minimum absolute atomic E-state index is 0.0894. The zero-order valence-corrected chi connectivity index (χ0v) is 19.8. The van der Waals surface area contributed by atoms with Gasteiger partial charge in [0.05, 0.1) is 31.0 Å². The molecule has 1 aliphatic heterocycles. The summed E-state index contributed by atoms with van der Waals surface area (Å²) >= 11 is 0. The fourth-order valence-corrected chi connectivity index (χ4v) is 5.05. The number of nitrogens with zero attached hydrogens (tertiary/aromatic N) is 4. The van der Waals surface area contributed by atoms with Crippen LogP contribution in [0.15, 0.2) is 41.2 Å². The Bertz CT molecular complexity index is 1070. The first-order chi connectivity index (χ1) is 15.2. The minimum Gasteiger partial charge on any atom is -0.469 e. The molecule has 2 atom stereocenters. The second-order valence-corrected chi connectivity index (χ2v) is 10.2. The largest absolute Gasteiger partial charge is 0.469 e. The second-order valence-electron chi connectivity index (χ2n) is 10.2. The van der Waals surface area contributed by atoms with E-state index in [1.165, 1.54) is 7.11 Å². The van der Waals surface area contributed by atoms with E-state index in [0.29, 0.717) is 24.7 Å². The van der Waals surface area contributed by atoms with Crippen LogP contribution < -0.4 is 0 Å². The van der Waals surface area contributed by atoms with Gasteiger partial charge in [0.1, 0.15) is 5.76 Å². The van der Waals surface area contributed by atoms with Crippen LogP contribution in [-0.4, -0.2) is 45.8 Å². The Morgan fingerprint density at radius 2 is 2.16 bits per heavy atom. The first-order valence-corrected chi connectivity index (χ1v) is 11.4. The fraction of sp³-hybridized carbons (Fsp3) is 0.560. The molecule has 0 saturated carbocycles. The number of pyridine rings is 1. The average molecular weight is 439 g/mol. The number of rotatable bonds is 6. The van der Waals surface area contributed by atoms with Gasteiger partial charge in [0, 0.05) is 30.9 Å². The lowest BCUT2D eigenvalue weighted by Crippen LogP contribution is -2.53. The Balaban J connectivity index is 1.61. The molecule has 7 nitrogen and oxygen atoms in total. The van der Waals surface area contributed by atoms with Crippen LogP contribution in [0.4, 0.5) is 0 Å². The molecule has 0 bridgehead atoms. The maximum atomic E-state index is 12.9. The maximum Gasteiger partial charge on any atom is 0.313 e. The van der Waals surface area contributed by atoms with Crippen LogP contribution in [0.3, 0.4) is 0 Å². The molecule has 172 valence electrons. The summed E-state index contributed by atoms with van der Waals surface area (Å²) in [6.45, 7) is 11.2. The van der Waals surface area contributed by atoms with Gasteiger partial charge < -0.3 is 9.15 Å². The number of furan rings is 1. The van der Waals surface area contributed by atoms with E-state index in [2.05, 4.69) is 48.7 Å². The van der Waals surface area contributed by atoms with E-state index in [1.807, 2.05) is 18.3 Å². The molecule has 1 saturated heterocycles. The van der Waals surface area contributed by atoms with Crippen molar-refractivity contribution in [1.29, 1.82) is 0 Å². The molecule has 0 radical (unpaired) electrons. The summed E-state index contributed by atoms with van der Waals surface area (Å²) in [5.74, 6) is 1.15. The third-order valence-electron chi connectivity index (χ3n) is 6.77. The first kappa shape index (κ1) is 22.5. The Kier molecular flexibility index (Phi) is 6.12. The first-order valence-electron chi connectivity index (χ1n) is 11.4. The molecule has 0 aromatic carbocycles. The van der Waals surface area contributed by atoms with Gasteiger partial charge in [-0.2, -0.15) is 5.10 Å². The summed E-state index contributed by atoms with van der Waals surface area (Å²) in [7, 11) is 1.51. The van der Waals surface area contributed by atoms with Gasteiger partial charge in [-0.25, -0.2) is 9.67 Å². The molecule has 0 amide bonds. The Hall–Kier alpha value is -2.67. The summed E-state index contributed by atoms with van der Waals surface area (Å²) in [5.41, 5.74) is 1.14. The SMILES string of the molecule is CCC[C@@]1(C(=O)OC)C[C@@H](C(C)(C)C)CN(Cc2cc3cc(-n4cccn4)cnc3o2)C1. The van der Waals surface area contributed by atoms with Crippen LogP contribution in [0.2, 0.25) is 0 Å². The van der Waals surface area contributed by atoms with Crippen LogP contribution in [0.25, 0.3) is 16.8 Å². The predicted octanol–water partition coefficient (Wildman–Crippen LogP) is 4.84. The number of likely N-dealkylation sites (tertiary alicyclic amines) is 1. The van der Waals surface area contributed by atoms with Crippen molar-refractivity contribution in [3.63, 3.8) is 0 Å². The van der Waals surface area contributed by atoms with Crippen molar-refractivity contribution >= 4 is 17.1 Å². The van der Waals surface area contributed by atoms with E-state index in [0.717, 1.165) is 42.6 Å². The molecule has 7 heteroatoms. The standard InChI is InChI=1S/C25H34N4O3/c1-6-8-25(23(30)31-5)13-19(24(2,3)4)15-28(17-25)16-21-12-18-11-20(14-26-22(18)32-21)29-10-7-9-27-29/h7,9-12,14,19H,6,8,13,15-17H2,1-5H3/t19-,25-/m1/s1. The molecule has 1 fully saturated rings. The van der Waals surface area contributed by atoms with Crippen LogP contribution in [0.5, 0.6) is 0 Å². The number of carbonyl (C=O) groups excluding carboxylic acids is 1. The van der Waals surface area contributed by atoms with Crippen molar-refractivity contribution in [2.45, 2.75) is 53.5 Å². The van der Waals surface area contributed by atoms with Crippen molar-refractivity contribution in [3.05, 3.63) is 42.5 Å². The number of hydrogen-bond donors (Lipinski definition) is 0. The Morgan fingerprint density at radius 1 is 1.34 bits per heavy atom. The van der Waals surface area contributed by atoms with Gasteiger partial charge in [-0.1, -0.05) is 34.1 Å². The lowest BCUT2D eigenvalue weighted by atomic mass is 9.65. The number of ether oxygens (including phenoxy) is 1. The van der Waals surface area contributed by atoms with Gasteiger partial charge in [-0.05, 0) is 42.4 Å². The van der Waals surface area contributed by atoms with Crippen molar-refractivity contribution in [3.8, 4) is 5.69 Å². The molecule has 0 N–H and O–H groups in total. The van der Waals surface area contributed by atoms with Gasteiger partial charge in [-0.3, -0.25) is 9.69 Å². The molecular weight excluding hydrogens is 404 g/mol. The molecule has 4 heterocycles. The van der Waals surface area contributed by atoms with E-state index < -0.39 is 5.41 Å². The lowest BCUT2D eigenvalue weighted by Gasteiger charge is -2.48. The van der Waals surface area contributed by atoms with E-state index in [9.17, 15) is 4.79 Å². The second kappa shape index (κ2) is 8.70. The third kappa shape index (κ3) is 4.44. The van der Waals surface area contributed by atoms with Gasteiger partial charge in [-0.15, -0.1) is 0 Å². The quantitative estimate of drug-likeness (QED) is 0.513. The fourth-order valence-electron chi connectivity index (χ4n) is 5.05.